The number of carbonyl (C=O) groups excluding carboxylic acids is 1. The monoisotopic (exact) mass is 238 g/mol. The van der Waals surface area contributed by atoms with E-state index in [1.807, 2.05) is 4.90 Å². The summed E-state index contributed by atoms with van der Waals surface area (Å²) in [6.07, 6.45) is 4.49. The van der Waals surface area contributed by atoms with Crippen LogP contribution in [0.3, 0.4) is 0 Å². The molecule has 2 saturated carbocycles. The molecule has 0 bridgehead atoms. The van der Waals surface area contributed by atoms with Crippen molar-refractivity contribution in [1.29, 1.82) is 0 Å². The molecule has 0 radical (unpaired) electrons. The lowest BCUT2D eigenvalue weighted by molar-refractivity contribution is -0.129. The maximum atomic E-state index is 12.0. The minimum absolute atomic E-state index is 0.169. The number of fused-ring (bicyclic) bond motifs is 1. The highest BCUT2D eigenvalue weighted by molar-refractivity contribution is 5.78. The fraction of sp³-hybridized carbons (Fsp3) is 0.923. The second kappa shape index (κ2) is 4.58. The molecule has 1 saturated heterocycles. The average Bonchev–Trinajstić information content (AvgIpc) is 2.92. The largest absolute Gasteiger partial charge is 0.393 e. The number of nitrogens with one attached hydrogen (secondary N) is 1. The second-order valence-corrected chi connectivity index (χ2v) is 5.94. The number of rotatable bonds is 4. The molecule has 96 valence electrons. The third-order valence-corrected chi connectivity index (χ3v) is 4.58. The molecule has 3 fully saturated rings. The third-order valence-electron chi connectivity index (χ3n) is 4.58. The number of likely N-dealkylation sites (tertiary alicyclic amines) is 1. The summed E-state index contributed by atoms with van der Waals surface area (Å²) in [7, 11) is 0. The standard InChI is InChI=1S/C13H22N2O2/c16-12-4-3-10-7-15(8-11(10)12)13(17)6-14-5-9-1-2-9/h9-12,14,16H,1-8H2. The molecule has 2 aliphatic carbocycles. The van der Waals surface area contributed by atoms with Crippen molar-refractivity contribution in [3.63, 3.8) is 0 Å². The molecule has 1 amide bonds. The van der Waals surface area contributed by atoms with Gasteiger partial charge in [-0.1, -0.05) is 0 Å². The number of hydrogen-bond acceptors (Lipinski definition) is 3. The van der Waals surface area contributed by atoms with Crippen LogP contribution in [0.1, 0.15) is 25.7 Å². The number of nitrogens with zero attached hydrogens (tertiary/aromatic N) is 1. The van der Waals surface area contributed by atoms with Gasteiger partial charge in [0.15, 0.2) is 0 Å². The van der Waals surface area contributed by atoms with Crippen LogP contribution in [0.2, 0.25) is 0 Å². The number of carbonyl (C=O) groups is 1. The molecule has 0 aromatic rings. The van der Waals surface area contributed by atoms with Gasteiger partial charge in [0.05, 0.1) is 12.6 Å². The normalized spacial score (nSPS) is 36.3. The van der Waals surface area contributed by atoms with Crippen LogP contribution >= 0.6 is 0 Å². The average molecular weight is 238 g/mol. The van der Waals surface area contributed by atoms with Gasteiger partial charge in [-0.2, -0.15) is 0 Å². The molecule has 0 spiro atoms. The number of aliphatic hydroxyl groups is 1. The van der Waals surface area contributed by atoms with Gasteiger partial charge in [0.25, 0.3) is 0 Å². The van der Waals surface area contributed by atoms with E-state index < -0.39 is 0 Å². The SMILES string of the molecule is O=C(CNCC1CC1)N1CC2CCC(O)C2C1. The zero-order chi connectivity index (χ0) is 11.8. The Labute approximate surface area is 102 Å². The Balaban J connectivity index is 1.43. The van der Waals surface area contributed by atoms with Crippen LogP contribution < -0.4 is 5.32 Å². The zero-order valence-electron chi connectivity index (χ0n) is 10.3. The summed E-state index contributed by atoms with van der Waals surface area (Å²) in [5.41, 5.74) is 0. The summed E-state index contributed by atoms with van der Waals surface area (Å²) in [5.74, 6) is 1.94. The van der Waals surface area contributed by atoms with E-state index in [0.29, 0.717) is 18.4 Å². The molecule has 3 unspecified atom stereocenters. The number of aliphatic hydroxyl groups excluding tert-OH is 1. The minimum atomic E-state index is -0.169. The summed E-state index contributed by atoms with van der Waals surface area (Å²) in [5, 5.41) is 13.0. The molecule has 3 aliphatic rings. The first-order valence-corrected chi connectivity index (χ1v) is 6.90. The van der Waals surface area contributed by atoms with Crippen molar-refractivity contribution in [2.75, 3.05) is 26.2 Å². The van der Waals surface area contributed by atoms with Crippen LogP contribution in [0.4, 0.5) is 0 Å². The Morgan fingerprint density at radius 2 is 2.06 bits per heavy atom. The van der Waals surface area contributed by atoms with Gasteiger partial charge >= 0.3 is 0 Å². The topological polar surface area (TPSA) is 52.6 Å². The Bertz CT molecular complexity index is 304. The van der Waals surface area contributed by atoms with Crippen LogP contribution in [0.5, 0.6) is 0 Å². The fourth-order valence-corrected chi connectivity index (χ4v) is 3.26. The van der Waals surface area contributed by atoms with E-state index in [9.17, 15) is 9.90 Å². The maximum Gasteiger partial charge on any atom is 0.236 e. The van der Waals surface area contributed by atoms with E-state index in [4.69, 9.17) is 0 Å². The van der Waals surface area contributed by atoms with Crippen LogP contribution in [0.15, 0.2) is 0 Å². The van der Waals surface area contributed by atoms with E-state index in [-0.39, 0.29) is 12.0 Å². The van der Waals surface area contributed by atoms with Crippen molar-refractivity contribution in [2.24, 2.45) is 17.8 Å². The molecule has 1 heterocycles. The van der Waals surface area contributed by atoms with Gasteiger partial charge < -0.3 is 15.3 Å². The van der Waals surface area contributed by atoms with Crippen LogP contribution in [0.25, 0.3) is 0 Å². The Morgan fingerprint density at radius 3 is 2.76 bits per heavy atom. The molecule has 0 aromatic heterocycles. The molecular weight excluding hydrogens is 216 g/mol. The van der Waals surface area contributed by atoms with Crippen molar-refractivity contribution >= 4 is 5.91 Å². The first-order chi connectivity index (χ1) is 8.24. The molecule has 0 aromatic carbocycles. The summed E-state index contributed by atoms with van der Waals surface area (Å²) in [6, 6.07) is 0. The predicted octanol–water partition coefficient (Wildman–Crippen LogP) is 0.215. The lowest BCUT2D eigenvalue weighted by Crippen LogP contribution is -2.38. The fourth-order valence-electron chi connectivity index (χ4n) is 3.26. The summed E-state index contributed by atoms with van der Waals surface area (Å²) in [6.45, 7) is 3.11. The third kappa shape index (κ3) is 2.47. The molecular formula is C13H22N2O2. The van der Waals surface area contributed by atoms with E-state index in [0.717, 1.165) is 38.4 Å². The minimum Gasteiger partial charge on any atom is -0.393 e. The van der Waals surface area contributed by atoms with Gasteiger partial charge in [0.2, 0.25) is 5.91 Å². The Kier molecular flexibility index (Phi) is 3.09. The number of amides is 1. The van der Waals surface area contributed by atoms with Crippen molar-refractivity contribution in [1.82, 2.24) is 10.2 Å². The molecule has 3 atom stereocenters. The van der Waals surface area contributed by atoms with Gasteiger partial charge in [-0.25, -0.2) is 0 Å². The molecule has 17 heavy (non-hydrogen) atoms. The first kappa shape index (κ1) is 11.5. The molecule has 4 heteroatoms. The van der Waals surface area contributed by atoms with Crippen LogP contribution in [0, 0.1) is 17.8 Å². The van der Waals surface area contributed by atoms with E-state index >= 15 is 0 Å². The quantitative estimate of drug-likeness (QED) is 0.736. The van der Waals surface area contributed by atoms with Gasteiger partial charge in [-0.15, -0.1) is 0 Å². The van der Waals surface area contributed by atoms with Crippen molar-refractivity contribution in [2.45, 2.75) is 31.8 Å². The summed E-state index contributed by atoms with van der Waals surface area (Å²) >= 11 is 0. The highest BCUT2D eigenvalue weighted by Gasteiger charge is 2.43. The van der Waals surface area contributed by atoms with E-state index in [2.05, 4.69) is 5.32 Å². The summed E-state index contributed by atoms with van der Waals surface area (Å²) in [4.78, 5) is 13.9. The molecule has 4 nitrogen and oxygen atoms in total. The first-order valence-electron chi connectivity index (χ1n) is 6.90. The molecule has 1 aliphatic heterocycles. The van der Waals surface area contributed by atoms with Gasteiger partial charge in [0, 0.05) is 19.0 Å². The smallest absolute Gasteiger partial charge is 0.236 e. The van der Waals surface area contributed by atoms with Gasteiger partial charge in [0.1, 0.15) is 0 Å². The Hall–Kier alpha value is -0.610. The highest BCUT2D eigenvalue weighted by atomic mass is 16.3. The predicted molar refractivity (Wildman–Crippen MR) is 64.4 cm³/mol. The Morgan fingerprint density at radius 1 is 1.24 bits per heavy atom. The highest BCUT2D eigenvalue weighted by Crippen LogP contribution is 2.37. The lowest BCUT2D eigenvalue weighted by atomic mass is 10.00. The van der Waals surface area contributed by atoms with Crippen molar-refractivity contribution in [3.8, 4) is 0 Å². The van der Waals surface area contributed by atoms with Gasteiger partial charge in [-0.3, -0.25) is 4.79 Å². The van der Waals surface area contributed by atoms with E-state index in [1.165, 1.54) is 12.8 Å². The second-order valence-electron chi connectivity index (χ2n) is 5.94. The molecule has 2 N–H and O–H groups in total. The number of hydrogen-bond donors (Lipinski definition) is 2. The maximum absolute atomic E-state index is 12.0. The van der Waals surface area contributed by atoms with Gasteiger partial charge in [-0.05, 0) is 44.1 Å². The lowest BCUT2D eigenvalue weighted by Gasteiger charge is -2.18. The van der Waals surface area contributed by atoms with Crippen LogP contribution in [-0.2, 0) is 4.79 Å². The van der Waals surface area contributed by atoms with Crippen LogP contribution in [-0.4, -0.2) is 48.2 Å². The van der Waals surface area contributed by atoms with E-state index in [1.54, 1.807) is 0 Å². The molecule has 3 rings (SSSR count). The zero-order valence-corrected chi connectivity index (χ0v) is 10.3. The summed E-state index contributed by atoms with van der Waals surface area (Å²) < 4.78 is 0. The van der Waals surface area contributed by atoms with Crippen molar-refractivity contribution < 1.29 is 9.90 Å². The van der Waals surface area contributed by atoms with Crippen molar-refractivity contribution in [3.05, 3.63) is 0 Å².